The SMILES string of the molecule is O=C(NCc1ccccn1)C1CCCN(C2CCN(c3ncnc4[nH]ccc34)CC2)C1. The summed E-state index contributed by atoms with van der Waals surface area (Å²) in [6.45, 7) is 4.41. The van der Waals surface area contributed by atoms with Crippen molar-refractivity contribution in [2.75, 3.05) is 31.1 Å². The minimum atomic E-state index is 0.0665. The van der Waals surface area contributed by atoms with E-state index in [1.807, 2.05) is 24.4 Å². The molecule has 162 valence electrons. The van der Waals surface area contributed by atoms with Crippen molar-refractivity contribution in [1.29, 1.82) is 0 Å². The second-order valence-electron chi connectivity index (χ2n) is 8.53. The molecule has 0 bridgehead atoms. The van der Waals surface area contributed by atoms with E-state index in [4.69, 9.17) is 0 Å². The lowest BCUT2D eigenvalue weighted by Crippen LogP contribution is -2.51. The van der Waals surface area contributed by atoms with Crippen molar-refractivity contribution in [2.45, 2.75) is 38.3 Å². The maximum Gasteiger partial charge on any atom is 0.224 e. The van der Waals surface area contributed by atoms with Gasteiger partial charge in [-0.15, -0.1) is 0 Å². The van der Waals surface area contributed by atoms with E-state index in [1.54, 1.807) is 12.5 Å². The first-order valence-electron chi connectivity index (χ1n) is 11.2. The zero-order valence-electron chi connectivity index (χ0n) is 17.7. The number of piperidine rings is 2. The Balaban J connectivity index is 1.15. The summed E-state index contributed by atoms with van der Waals surface area (Å²) in [5.74, 6) is 1.25. The third-order valence-electron chi connectivity index (χ3n) is 6.61. The van der Waals surface area contributed by atoms with Crippen LogP contribution < -0.4 is 10.2 Å². The lowest BCUT2D eigenvalue weighted by molar-refractivity contribution is -0.127. The van der Waals surface area contributed by atoms with Crippen LogP contribution in [0.2, 0.25) is 0 Å². The quantitative estimate of drug-likeness (QED) is 0.660. The largest absolute Gasteiger partial charge is 0.356 e. The van der Waals surface area contributed by atoms with E-state index in [0.29, 0.717) is 12.6 Å². The van der Waals surface area contributed by atoms with Crippen LogP contribution in [0, 0.1) is 5.92 Å². The van der Waals surface area contributed by atoms with E-state index in [2.05, 4.69) is 41.1 Å². The highest BCUT2D eigenvalue weighted by Gasteiger charge is 2.32. The molecule has 0 aromatic carbocycles. The number of rotatable bonds is 5. The van der Waals surface area contributed by atoms with Crippen molar-refractivity contribution in [3.8, 4) is 0 Å². The van der Waals surface area contributed by atoms with E-state index in [9.17, 15) is 4.79 Å². The first-order valence-corrected chi connectivity index (χ1v) is 11.2. The topological polar surface area (TPSA) is 90.0 Å². The molecule has 3 aromatic rings. The van der Waals surface area contributed by atoms with E-state index < -0.39 is 0 Å². The molecule has 1 unspecified atom stereocenters. The number of hydrogen-bond donors (Lipinski definition) is 2. The van der Waals surface area contributed by atoms with E-state index in [-0.39, 0.29) is 11.8 Å². The van der Waals surface area contributed by atoms with Crippen molar-refractivity contribution < 1.29 is 4.79 Å². The molecule has 2 aliphatic rings. The van der Waals surface area contributed by atoms with Gasteiger partial charge in [-0.1, -0.05) is 6.07 Å². The molecule has 2 fully saturated rings. The molecule has 1 amide bonds. The van der Waals surface area contributed by atoms with Gasteiger partial charge < -0.3 is 15.2 Å². The lowest BCUT2D eigenvalue weighted by atomic mass is 9.93. The Morgan fingerprint density at radius 3 is 2.84 bits per heavy atom. The molecule has 31 heavy (non-hydrogen) atoms. The molecule has 2 N–H and O–H groups in total. The van der Waals surface area contributed by atoms with Crippen molar-refractivity contribution in [3.63, 3.8) is 0 Å². The van der Waals surface area contributed by atoms with Gasteiger partial charge in [0.15, 0.2) is 0 Å². The Morgan fingerprint density at radius 1 is 1.10 bits per heavy atom. The number of nitrogens with one attached hydrogen (secondary N) is 2. The first kappa shape index (κ1) is 19.9. The highest BCUT2D eigenvalue weighted by atomic mass is 16.1. The number of H-pyrrole nitrogens is 1. The third-order valence-corrected chi connectivity index (χ3v) is 6.61. The molecule has 0 aliphatic carbocycles. The number of likely N-dealkylation sites (tertiary alicyclic amines) is 1. The zero-order valence-corrected chi connectivity index (χ0v) is 17.7. The maximum absolute atomic E-state index is 12.7. The van der Waals surface area contributed by atoms with Gasteiger partial charge in [-0.2, -0.15) is 0 Å². The summed E-state index contributed by atoms with van der Waals surface area (Å²) in [7, 11) is 0. The summed E-state index contributed by atoms with van der Waals surface area (Å²) in [5, 5.41) is 4.17. The second-order valence-corrected chi connectivity index (χ2v) is 8.53. The number of anilines is 1. The van der Waals surface area contributed by atoms with Crippen LogP contribution in [0.1, 0.15) is 31.4 Å². The van der Waals surface area contributed by atoms with Crippen molar-refractivity contribution >= 4 is 22.8 Å². The zero-order chi connectivity index (χ0) is 21.0. The van der Waals surface area contributed by atoms with E-state index in [0.717, 1.165) is 74.4 Å². The molecule has 0 spiro atoms. The molecule has 2 aliphatic heterocycles. The Morgan fingerprint density at radius 2 is 2.00 bits per heavy atom. The number of aromatic amines is 1. The van der Waals surface area contributed by atoms with Crippen molar-refractivity contribution in [3.05, 3.63) is 48.7 Å². The fraction of sp³-hybridized carbons (Fsp3) is 0.478. The number of nitrogens with zero attached hydrogens (tertiary/aromatic N) is 5. The summed E-state index contributed by atoms with van der Waals surface area (Å²) in [5.41, 5.74) is 1.79. The average molecular weight is 420 g/mol. The minimum Gasteiger partial charge on any atom is -0.356 e. The molecule has 8 nitrogen and oxygen atoms in total. The van der Waals surface area contributed by atoms with Gasteiger partial charge in [0.25, 0.3) is 0 Å². The third kappa shape index (κ3) is 4.39. The number of pyridine rings is 1. The fourth-order valence-corrected chi connectivity index (χ4v) is 4.93. The molecule has 0 saturated carbocycles. The van der Waals surface area contributed by atoms with Crippen LogP contribution in [0.5, 0.6) is 0 Å². The van der Waals surface area contributed by atoms with Gasteiger partial charge in [0.1, 0.15) is 17.8 Å². The number of fused-ring (bicyclic) bond motifs is 1. The van der Waals surface area contributed by atoms with Gasteiger partial charge in [0, 0.05) is 38.1 Å². The number of hydrogen-bond acceptors (Lipinski definition) is 6. The second kappa shape index (κ2) is 9.01. The van der Waals surface area contributed by atoms with Crippen molar-refractivity contribution in [1.82, 2.24) is 30.2 Å². The molecular formula is C23H29N7O. The van der Waals surface area contributed by atoms with Crippen LogP contribution in [0.3, 0.4) is 0 Å². The van der Waals surface area contributed by atoms with Crippen molar-refractivity contribution in [2.24, 2.45) is 5.92 Å². The van der Waals surface area contributed by atoms with Gasteiger partial charge in [-0.05, 0) is 50.4 Å². The molecule has 2 saturated heterocycles. The van der Waals surface area contributed by atoms with E-state index >= 15 is 0 Å². The van der Waals surface area contributed by atoms with Crippen LogP contribution in [0.15, 0.2) is 43.0 Å². The minimum absolute atomic E-state index is 0.0665. The highest BCUT2D eigenvalue weighted by Crippen LogP contribution is 2.28. The Bertz CT molecular complexity index is 1010. The number of aromatic nitrogens is 4. The number of amides is 1. The van der Waals surface area contributed by atoms with Gasteiger partial charge >= 0.3 is 0 Å². The van der Waals surface area contributed by atoms with Gasteiger partial charge in [-0.3, -0.25) is 14.7 Å². The fourth-order valence-electron chi connectivity index (χ4n) is 4.93. The molecule has 1 atom stereocenters. The van der Waals surface area contributed by atoms with Gasteiger partial charge in [-0.25, -0.2) is 9.97 Å². The standard InChI is InChI=1S/C23H29N7O/c31-23(26-14-18-5-1-2-9-24-18)17-4-3-11-30(15-17)19-7-12-29(13-8-19)22-20-6-10-25-21(20)27-16-28-22/h1-2,5-6,9-10,16-17,19H,3-4,7-8,11-15H2,(H,26,31)(H,25,27,28). The van der Waals surface area contributed by atoms with E-state index in [1.165, 1.54) is 0 Å². The first-order chi connectivity index (χ1) is 15.3. The molecule has 3 aromatic heterocycles. The summed E-state index contributed by atoms with van der Waals surface area (Å²) in [4.78, 5) is 34.0. The average Bonchev–Trinajstić information content (AvgIpc) is 3.32. The van der Waals surface area contributed by atoms with Crippen LogP contribution >= 0.6 is 0 Å². The Hall–Kier alpha value is -3.00. The molecule has 5 heterocycles. The van der Waals surface area contributed by atoms with Crippen LogP contribution in [0.4, 0.5) is 5.82 Å². The van der Waals surface area contributed by atoms with Crippen LogP contribution in [0.25, 0.3) is 11.0 Å². The highest BCUT2D eigenvalue weighted by molar-refractivity contribution is 5.87. The Kier molecular flexibility index (Phi) is 5.80. The van der Waals surface area contributed by atoms with Gasteiger partial charge in [0.05, 0.1) is 23.5 Å². The normalized spacial score (nSPS) is 20.8. The number of carbonyl (C=O) groups excluding carboxylic acids is 1. The summed E-state index contributed by atoms with van der Waals surface area (Å²) in [6, 6.07) is 8.37. The maximum atomic E-state index is 12.7. The Labute approximate surface area is 182 Å². The summed E-state index contributed by atoms with van der Waals surface area (Å²) in [6.07, 6.45) is 9.56. The lowest BCUT2D eigenvalue weighted by Gasteiger charge is -2.42. The van der Waals surface area contributed by atoms with Crippen LogP contribution in [-0.2, 0) is 11.3 Å². The smallest absolute Gasteiger partial charge is 0.224 e. The summed E-state index contributed by atoms with van der Waals surface area (Å²) >= 11 is 0. The van der Waals surface area contributed by atoms with Crippen LogP contribution in [-0.4, -0.2) is 63.0 Å². The molecule has 5 rings (SSSR count). The summed E-state index contributed by atoms with van der Waals surface area (Å²) < 4.78 is 0. The predicted octanol–water partition coefficient (Wildman–Crippen LogP) is 2.35. The predicted molar refractivity (Wildman–Crippen MR) is 120 cm³/mol. The molecular weight excluding hydrogens is 390 g/mol. The monoisotopic (exact) mass is 419 g/mol. The number of carbonyl (C=O) groups is 1. The van der Waals surface area contributed by atoms with Gasteiger partial charge in [0.2, 0.25) is 5.91 Å². The molecule has 0 radical (unpaired) electrons. The molecule has 8 heteroatoms.